The molecule has 0 spiro atoms. The number of nitrogens with zero attached hydrogens (tertiary/aromatic N) is 2. The number of nitrogens with one attached hydrogen (secondary N) is 1. The highest BCUT2D eigenvalue weighted by Crippen LogP contribution is 2.21. The van der Waals surface area contributed by atoms with Crippen LogP contribution in [0.4, 0.5) is 0 Å². The van der Waals surface area contributed by atoms with Gasteiger partial charge in [0.15, 0.2) is 0 Å². The fraction of sp³-hybridized carbons (Fsp3) is 0.353. The van der Waals surface area contributed by atoms with Gasteiger partial charge in [-0.05, 0) is 31.1 Å². The van der Waals surface area contributed by atoms with Gasteiger partial charge in [-0.15, -0.1) is 0 Å². The van der Waals surface area contributed by atoms with Gasteiger partial charge in [-0.25, -0.2) is 0 Å². The average molecular weight is 331 g/mol. The molecule has 2 unspecified atom stereocenters. The van der Waals surface area contributed by atoms with Gasteiger partial charge in [0.05, 0.1) is 12.7 Å². The first-order valence-electron chi connectivity index (χ1n) is 7.68. The second kappa shape index (κ2) is 8.95. The first kappa shape index (κ1) is 17.8. The molecule has 0 saturated carbocycles. The molecular weight excluding hydrogens is 310 g/mol. The quantitative estimate of drug-likeness (QED) is 0.460. The van der Waals surface area contributed by atoms with Crippen LogP contribution in [-0.2, 0) is 9.53 Å². The maximum Gasteiger partial charge on any atom is 0.256 e. The Labute approximate surface area is 140 Å². The summed E-state index contributed by atoms with van der Waals surface area (Å²) < 4.78 is 5.55. The first-order valence-corrected chi connectivity index (χ1v) is 7.68. The van der Waals surface area contributed by atoms with E-state index in [0.717, 1.165) is 0 Å². The Morgan fingerprint density at radius 3 is 2.75 bits per heavy atom. The third-order valence-electron chi connectivity index (χ3n) is 3.67. The Morgan fingerprint density at radius 1 is 1.42 bits per heavy atom. The van der Waals surface area contributed by atoms with Crippen LogP contribution in [0, 0.1) is 0 Å². The highest BCUT2D eigenvalue weighted by Gasteiger charge is 2.28. The Morgan fingerprint density at radius 2 is 2.17 bits per heavy atom. The number of hydrogen-bond acceptors (Lipinski definition) is 5. The molecule has 0 aromatic heterocycles. The van der Waals surface area contributed by atoms with Gasteiger partial charge < -0.3 is 15.2 Å². The Bertz CT molecular complexity index is 616. The normalized spacial score (nSPS) is 21.0. The SMILES string of the molecule is CN=C(/C=C\N(C=O)C1CCC(CO)O1)NC(=O)c1ccccc1. The van der Waals surface area contributed by atoms with E-state index in [1.807, 2.05) is 6.07 Å². The molecule has 2 rings (SSSR count). The molecule has 7 nitrogen and oxygen atoms in total. The van der Waals surface area contributed by atoms with Crippen LogP contribution in [0.1, 0.15) is 23.2 Å². The number of amidine groups is 1. The number of ether oxygens (including phenoxy) is 1. The smallest absolute Gasteiger partial charge is 0.256 e. The molecule has 24 heavy (non-hydrogen) atoms. The summed E-state index contributed by atoms with van der Waals surface area (Å²) in [5.74, 6) is 0.0448. The molecule has 1 aliphatic heterocycles. The highest BCUT2D eigenvalue weighted by atomic mass is 16.5. The zero-order valence-electron chi connectivity index (χ0n) is 13.5. The highest BCUT2D eigenvalue weighted by molar-refractivity contribution is 6.10. The number of aliphatic hydroxyl groups is 1. The van der Waals surface area contributed by atoms with Gasteiger partial charge in [-0.3, -0.25) is 19.5 Å². The molecular formula is C17H21N3O4. The summed E-state index contributed by atoms with van der Waals surface area (Å²) in [5, 5.41) is 11.8. The molecule has 128 valence electrons. The first-order chi connectivity index (χ1) is 11.7. The third-order valence-corrected chi connectivity index (χ3v) is 3.67. The van der Waals surface area contributed by atoms with Gasteiger partial charge in [-0.2, -0.15) is 0 Å². The molecule has 1 saturated heterocycles. The summed E-state index contributed by atoms with van der Waals surface area (Å²) in [6, 6.07) is 8.78. The molecule has 2 N–H and O–H groups in total. The summed E-state index contributed by atoms with van der Waals surface area (Å²) in [6.07, 6.45) is 4.35. The number of carbonyl (C=O) groups excluding carboxylic acids is 2. The van der Waals surface area contributed by atoms with Crippen LogP contribution in [0.5, 0.6) is 0 Å². The lowest BCUT2D eigenvalue weighted by atomic mass is 10.2. The molecule has 2 amide bonds. The number of aliphatic hydroxyl groups excluding tert-OH is 1. The van der Waals surface area contributed by atoms with Gasteiger partial charge in [0.2, 0.25) is 6.41 Å². The largest absolute Gasteiger partial charge is 0.394 e. The van der Waals surface area contributed by atoms with Crippen molar-refractivity contribution in [3.8, 4) is 0 Å². The van der Waals surface area contributed by atoms with Crippen molar-refractivity contribution in [3.63, 3.8) is 0 Å². The van der Waals surface area contributed by atoms with Gasteiger partial charge in [0, 0.05) is 18.8 Å². The van der Waals surface area contributed by atoms with Crippen LogP contribution in [0.15, 0.2) is 47.6 Å². The number of hydrogen-bond donors (Lipinski definition) is 2. The second-order valence-corrected chi connectivity index (χ2v) is 5.27. The van der Waals surface area contributed by atoms with Crippen LogP contribution in [0.2, 0.25) is 0 Å². The Hall–Kier alpha value is -2.51. The second-order valence-electron chi connectivity index (χ2n) is 5.27. The van der Waals surface area contributed by atoms with Crippen molar-refractivity contribution in [2.24, 2.45) is 4.99 Å². The fourth-order valence-corrected chi connectivity index (χ4v) is 2.35. The fourth-order valence-electron chi connectivity index (χ4n) is 2.35. The molecule has 1 aliphatic rings. The molecule has 2 atom stereocenters. The topological polar surface area (TPSA) is 91.2 Å². The van der Waals surface area contributed by atoms with Crippen molar-refractivity contribution in [1.29, 1.82) is 0 Å². The number of benzene rings is 1. The zero-order chi connectivity index (χ0) is 17.4. The number of aliphatic imine (C=N–C) groups is 1. The van der Waals surface area contributed by atoms with Gasteiger partial charge >= 0.3 is 0 Å². The van der Waals surface area contributed by atoms with E-state index in [4.69, 9.17) is 9.84 Å². The summed E-state index contributed by atoms with van der Waals surface area (Å²) >= 11 is 0. The van der Waals surface area contributed by atoms with Crippen molar-refractivity contribution < 1.29 is 19.4 Å². The minimum absolute atomic E-state index is 0.0677. The maximum atomic E-state index is 12.1. The van der Waals surface area contributed by atoms with Gasteiger partial charge in [0.1, 0.15) is 12.1 Å². The van der Waals surface area contributed by atoms with E-state index in [9.17, 15) is 9.59 Å². The molecule has 1 fully saturated rings. The van der Waals surface area contributed by atoms with Crippen LogP contribution in [0.25, 0.3) is 0 Å². The van der Waals surface area contributed by atoms with E-state index in [1.54, 1.807) is 31.3 Å². The van der Waals surface area contributed by atoms with E-state index in [-0.39, 0.29) is 18.6 Å². The average Bonchev–Trinajstić information content (AvgIpc) is 3.10. The Kier molecular flexibility index (Phi) is 6.65. The van der Waals surface area contributed by atoms with Crippen molar-refractivity contribution in [2.45, 2.75) is 25.2 Å². The lowest BCUT2D eigenvalue weighted by Gasteiger charge is -2.20. The van der Waals surface area contributed by atoms with E-state index >= 15 is 0 Å². The lowest BCUT2D eigenvalue weighted by molar-refractivity contribution is -0.127. The molecule has 0 bridgehead atoms. The number of amides is 2. The van der Waals surface area contributed by atoms with Crippen LogP contribution in [0.3, 0.4) is 0 Å². The minimum atomic E-state index is -0.418. The predicted molar refractivity (Wildman–Crippen MR) is 89.3 cm³/mol. The summed E-state index contributed by atoms with van der Waals surface area (Å²) in [7, 11) is 1.55. The van der Waals surface area contributed by atoms with Crippen molar-refractivity contribution in [1.82, 2.24) is 10.2 Å². The molecule has 7 heteroatoms. The summed E-state index contributed by atoms with van der Waals surface area (Å²) in [5.41, 5.74) is 0.518. The molecule has 1 heterocycles. The van der Waals surface area contributed by atoms with Crippen LogP contribution < -0.4 is 5.32 Å². The molecule has 0 radical (unpaired) electrons. The zero-order valence-corrected chi connectivity index (χ0v) is 13.5. The van der Waals surface area contributed by atoms with Crippen molar-refractivity contribution in [2.75, 3.05) is 13.7 Å². The van der Waals surface area contributed by atoms with Gasteiger partial charge in [-0.1, -0.05) is 18.2 Å². The monoisotopic (exact) mass is 331 g/mol. The minimum Gasteiger partial charge on any atom is -0.394 e. The van der Waals surface area contributed by atoms with E-state index < -0.39 is 6.23 Å². The third kappa shape index (κ3) is 4.74. The van der Waals surface area contributed by atoms with Crippen molar-refractivity contribution >= 4 is 18.2 Å². The van der Waals surface area contributed by atoms with Crippen LogP contribution in [-0.4, -0.2) is 54.1 Å². The summed E-state index contributed by atoms with van der Waals surface area (Å²) in [4.78, 5) is 28.7. The summed E-state index contributed by atoms with van der Waals surface area (Å²) in [6.45, 7) is -0.0677. The molecule has 1 aromatic carbocycles. The van der Waals surface area contributed by atoms with Crippen molar-refractivity contribution in [3.05, 3.63) is 48.2 Å². The van der Waals surface area contributed by atoms with E-state index in [2.05, 4.69) is 10.3 Å². The van der Waals surface area contributed by atoms with Crippen LogP contribution >= 0.6 is 0 Å². The van der Waals surface area contributed by atoms with Gasteiger partial charge in [0.25, 0.3) is 5.91 Å². The lowest BCUT2D eigenvalue weighted by Crippen LogP contribution is -2.32. The number of rotatable bonds is 6. The molecule has 0 aliphatic carbocycles. The predicted octanol–water partition coefficient (Wildman–Crippen LogP) is 0.914. The Balaban J connectivity index is 1.97. The number of carbonyl (C=O) groups is 2. The molecule has 1 aromatic rings. The standard InChI is InChI=1S/C17H21N3O4/c1-18-15(19-17(23)13-5-3-2-4-6-13)9-10-20(12-22)16-8-7-14(11-21)24-16/h2-6,9-10,12,14,16,21H,7-8,11H2,1H3,(H,18,19,23)/b10-9-. The van der Waals surface area contributed by atoms with E-state index in [1.165, 1.54) is 17.2 Å². The maximum absolute atomic E-state index is 12.1. The van der Waals surface area contributed by atoms with E-state index in [0.29, 0.717) is 30.7 Å².